The van der Waals surface area contributed by atoms with Gasteiger partial charge in [-0.2, -0.15) is 0 Å². The summed E-state index contributed by atoms with van der Waals surface area (Å²) in [6.45, 7) is 3.18. The van der Waals surface area contributed by atoms with E-state index in [4.69, 9.17) is 10.8 Å². The highest BCUT2D eigenvalue weighted by Crippen LogP contribution is 2.10. The monoisotopic (exact) mass is 264 g/mol. The normalized spacial score (nSPS) is 15.3. The maximum Gasteiger partial charge on any atom is 0.329 e. The molecule has 0 aliphatic carbocycles. The molecule has 104 valence electrons. The Bertz CT molecular complexity index is 447. The fraction of sp³-hybridized carbons (Fsp3) is 0.429. The molecule has 0 bridgehead atoms. The number of rotatable bonds is 6. The van der Waals surface area contributed by atoms with Crippen molar-refractivity contribution in [2.75, 3.05) is 0 Å². The molecule has 0 aromatic heterocycles. The molecule has 1 aromatic carbocycles. The highest BCUT2D eigenvalue weighted by atomic mass is 16.4. The van der Waals surface area contributed by atoms with Crippen molar-refractivity contribution in [2.45, 2.75) is 38.3 Å². The summed E-state index contributed by atoms with van der Waals surface area (Å²) in [5.41, 5.74) is 5.48. The number of benzene rings is 1. The lowest BCUT2D eigenvalue weighted by molar-refractivity contribution is -0.147. The second-order valence-electron chi connectivity index (χ2n) is 4.78. The zero-order valence-electron chi connectivity index (χ0n) is 11.2. The van der Waals surface area contributed by atoms with Crippen LogP contribution in [-0.4, -0.2) is 28.6 Å². The first-order valence-electron chi connectivity index (χ1n) is 6.24. The summed E-state index contributed by atoms with van der Waals surface area (Å²) in [6, 6.07) is 8.62. The average Bonchev–Trinajstić information content (AvgIpc) is 2.39. The minimum absolute atomic E-state index is 0.298. The Morgan fingerprint density at radius 2 is 1.95 bits per heavy atom. The van der Waals surface area contributed by atoms with Crippen molar-refractivity contribution in [1.29, 1.82) is 0 Å². The summed E-state index contributed by atoms with van der Waals surface area (Å²) in [5.74, 6) is -1.51. The fourth-order valence-corrected chi connectivity index (χ4v) is 1.62. The molecule has 0 aliphatic rings. The molecule has 1 amide bonds. The molecule has 0 saturated carbocycles. The minimum Gasteiger partial charge on any atom is -0.480 e. The highest BCUT2D eigenvalue weighted by molar-refractivity contribution is 5.89. The summed E-state index contributed by atoms with van der Waals surface area (Å²) >= 11 is 0. The van der Waals surface area contributed by atoms with Crippen molar-refractivity contribution in [3.63, 3.8) is 0 Å². The number of hydrogen-bond acceptors (Lipinski definition) is 3. The molecule has 4 N–H and O–H groups in total. The van der Waals surface area contributed by atoms with Gasteiger partial charge in [0, 0.05) is 0 Å². The lowest BCUT2D eigenvalue weighted by Crippen LogP contribution is -2.56. The topological polar surface area (TPSA) is 92.4 Å². The molecular formula is C14H20N2O3. The van der Waals surface area contributed by atoms with E-state index in [1.165, 1.54) is 6.92 Å². The van der Waals surface area contributed by atoms with Crippen LogP contribution >= 0.6 is 0 Å². The zero-order chi connectivity index (χ0) is 14.5. The lowest BCUT2D eigenvalue weighted by Gasteiger charge is -2.26. The van der Waals surface area contributed by atoms with Crippen LogP contribution < -0.4 is 11.1 Å². The van der Waals surface area contributed by atoms with Crippen LogP contribution in [0, 0.1) is 0 Å². The van der Waals surface area contributed by atoms with E-state index in [-0.39, 0.29) is 0 Å². The number of nitrogens with two attached hydrogens (primary N) is 1. The van der Waals surface area contributed by atoms with Gasteiger partial charge in [0.15, 0.2) is 0 Å². The van der Waals surface area contributed by atoms with Crippen LogP contribution in [0.15, 0.2) is 30.3 Å². The smallest absolute Gasteiger partial charge is 0.329 e. The van der Waals surface area contributed by atoms with E-state index in [1.807, 2.05) is 30.3 Å². The quantitative estimate of drug-likeness (QED) is 0.712. The van der Waals surface area contributed by atoms with Gasteiger partial charge in [0.2, 0.25) is 5.91 Å². The summed E-state index contributed by atoms with van der Waals surface area (Å²) in [5, 5.41) is 11.6. The van der Waals surface area contributed by atoms with Crippen molar-refractivity contribution < 1.29 is 14.7 Å². The first-order valence-corrected chi connectivity index (χ1v) is 6.24. The van der Waals surface area contributed by atoms with Crippen molar-refractivity contribution in [3.05, 3.63) is 35.9 Å². The Morgan fingerprint density at radius 1 is 1.37 bits per heavy atom. The average molecular weight is 264 g/mol. The number of carbonyl (C=O) groups is 2. The Morgan fingerprint density at radius 3 is 2.42 bits per heavy atom. The summed E-state index contributed by atoms with van der Waals surface area (Å²) in [7, 11) is 0. The van der Waals surface area contributed by atoms with Crippen LogP contribution in [0.1, 0.15) is 25.8 Å². The van der Waals surface area contributed by atoms with Crippen LogP contribution in [0.2, 0.25) is 0 Å². The van der Waals surface area contributed by atoms with Gasteiger partial charge in [-0.15, -0.1) is 0 Å². The Labute approximate surface area is 112 Å². The number of nitrogens with one attached hydrogen (secondary N) is 1. The molecule has 1 unspecified atom stereocenters. The molecule has 0 spiro atoms. The highest BCUT2D eigenvalue weighted by Gasteiger charge is 2.34. The summed E-state index contributed by atoms with van der Waals surface area (Å²) < 4.78 is 0. The van der Waals surface area contributed by atoms with E-state index in [9.17, 15) is 9.59 Å². The number of carboxylic acids is 1. The van der Waals surface area contributed by atoms with Crippen molar-refractivity contribution in [2.24, 2.45) is 5.73 Å². The van der Waals surface area contributed by atoms with Gasteiger partial charge in [0.05, 0.1) is 6.04 Å². The van der Waals surface area contributed by atoms with Crippen LogP contribution in [-0.2, 0) is 16.0 Å². The maximum atomic E-state index is 11.9. The molecule has 2 atom stereocenters. The van der Waals surface area contributed by atoms with E-state index in [2.05, 4.69) is 5.32 Å². The van der Waals surface area contributed by atoms with Crippen molar-refractivity contribution in [3.8, 4) is 0 Å². The van der Waals surface area contributed by atoms with Crippen molar-refractivity contribution >= 4 is 11.9 Å². The third-order valence-corrected chi connectivity index (χ3v) is 3.21. The number of carboxylic acid groups (broad SMARTS) is 1. The lowest BCUT2D eigenvalue weighted by atomic mass is 9.97. The number of aliphatic carboxylic acids is 1. The zero-order valence-corrected chi connectivity index (χ0v) is 11.2. The SMILES string of the molecule is CCC(C)(NC(=O)[C@@H](N)Cc1ccccc1)C(=O)O. The molecule has 19 heavy (non-hydrogen) atoms. The third kappa shape index (κ3) is 4.06. The standard InChI is InChI=1S/C14H20N2O3/c1-3-14(2,13(18)19)16-12(17)11(15)9-10-7-5-4-6-8-10/h4-8,11H,3,9,15H2,1-2H3,(H,16,17)(H,18,19)/t11-,14?/m0/s1. The van der Waals surface area contributed by atoms with E-state index in [1.54, 1.807) is 6.92 Å². The number of hydrogen-bond donors (Lipinski definition) is 3. The first kappa shape index (κ1) is 15.2. The van der Waals surface area contributed by atoms with Crippen molar-refractivity contribution in [1.82, 2.24) is 5.32 Å². The fourth-order valence-electron chi connectivity index (χ4n) is 1.62. The Balaban J connectivity index is 2.65. The molecule has 5 nitrogen and oxygen atoms in total. The van der Waals surface area contributed by atoms with Gasteiger partial charge in [-0.05, 0) is 25.3 Å². The Hall–Kier alpha value is -1.88. The molecule has 0 heterocycles. The molecule has 5 heteroatoms. The number of amides is 1. The molecule has 0 radical (unpaired) electrons. The molecule has 0 fully saturated rings. The van der Waals surface area contributed by atoms with Gasteiger partial charge in [-0.25, -0.2) is 4.79 Å². The van der Waals surface area contributed by atoms with Crippen LogP contribution in [0.3, 0.4) is 0 Å². The van der Waals surface area contributed by atoms with E-state index < -0.39 is 23.5 Å². The van der Waals surface area contributed by atoms with Crippen LogP contribution in [0.25, 0.3) is 0 Å². The largest absolute Gasteiger partial charge is 0.480 e. The minimum atomic E-state index is -1.27. The number of carbonyl (C=O) groups excluding carboxylic acids is 1. The molecule has 0 aliphatic heterocycles. The predicted molar refractivity (Wildman–Crippen MR) is 72.6 cm³/mol. The predicted octanol–water partition coefficient (Wildman–Crippen LogP) is 0.926. The van der Waals surface area contributed by atoms with Gasteiger partial charge >= 0.3 is 5.97 Å². The van der Waals surface area contributed by atoms with E-state index in [0.29, 0.717) is 12.8 Å². The second-order valence-corrected chi connectivity index (χ2v) is 4.78. The molecular weight excluding hydrogens is 244 g/mol. The van der Waals surface area contributed by atoms with Gasteiger partial charge < -0.3 is 16.2 Å². The third-order valence-electron chi connectivity index (χ3n) is 3.21. The van der Waals surface area contributed by atoms with Crippen LogP contribution in [0.5, 0.6) is 0 Å². The summed E-state index contributed by atoms with van der Waals surface area (Å²) in [6.07, 6.45) is 0.679. The molecule has 1 rings (SSSR count). The van der Waals surface area contributed by atoms with Gasteiger partial charge in [0.1, 0.15) is 5.54 Å². The molecule has 1 aromatic rings. The van der Waals surface area contributed by atoms with Gasteiger partial charge in [0.25, 0.3) is 0 Å². The van der Waals surface area contributed by atoms with Gasteiger partial charge in [-0.1, -0.05) is 37.3 Å². The molecule has 0 saturated heterocycles. The van der Waals surface area contributed by atoms with Gasteiger partial charge in [-0.3, -0.25) is 4.79 Å². The second kappa shape index (κ2) is 6.33. The van der Waals surface area contributed by atoms with E-state index in [0.717, 1.165) is 5.56 Å². The Kier molecular flexibility index (Phi) is 5.06. The van der Waals surface area contributed by atoms with Crippen LogP contribution in [0.4, 0.5) is 0 Å². The van der Waals surface area contributed by atoms with E-state index >= 15 is 0 Å². The summed E-state index contributed by atoms with van der Waals surface area (Å²) in [4.78, 5) is 23.0. The maximum absolute atomic E-state index is 11.9. The first-order chi connectivity index (χ1) is 8.89.